The summed E-state index contributed by atoms with van der Waals surface area (Å²) in [5.74, 6) is 0.226. The standard InChI is InChI=1S/C8H16NO3S/c1-2-3-6-13(10,11)8-7-9-4-5-12-8/h8H,2-7H2,1H3. The molecule has 1 rings (SSSR count). The average Bonchev–Trinajstić information content (AvgIpc) is 2.16. The van der Waals surface area contributed by atoms with Crippen molar-refractivity contribution in [2.45, 2.75) is 25.2 Å². The van der Waals surface area contributed by atoms with Crippen LogP contribution in [0.15, 0.2) is 0 Å². The maximum atomic E-state index is 11.6. The Hall–Kier alpha value is -0.130. The zero-order valence-corrected chi connectivity index (χ0v) is 8.72. The van der Waals surface area contributed by atoms with Crippen molar-refractivity contribution in [1.82, 2.24) is 5.32 Å². The van der Waals surface area contributed by atoms with Crippen LogP contribution in [0.5, 0.6) is 0 Å². The quantitative estimate of drug-likeness (QED) is 0.658. The molecule has 13 heavy (non-hydrogen) atoms. The third-order valence-electron chi connectivity index (χ3n) is 2.01. The summed E-state index contributed by atoms with van der Waals surface area (Å²) in [5, 5.41) is 4.03. The van der Waals surface area contributed by atoms with Crippen molar-refractivity contribution < 1.29 is 13.2 Å². The highest BCUT2D eigenvalue weighted by Gasteiger charge is 2.27. The SMILES string of the molecule is CCCCS(=O)(=O)C1C[N]CCO1. The average molecular weight is 206 g/mol. The van der Waals surface area contributed by atoms with Crippen molar-refractivity contribution in [3.05, 3.63) is 0 Å². The predicted octanol–water partition coefficient (Wildman–Crippen LogP) is 0.162. The van der Waals surface area contributed by atoms with Crippen molar-refractivity contribution in [1.29, 1.82) is 0 Å². The lowest BCUT2D eigenvalue weighted by Gasteiger charge is -2.22. The van der Waals surface area contributed by atoms with Gasteiger partial charge in [-0.15, -0.1) is 0 Å². The summed E-state index contributed by atoms with van der Waals surface area (Å²) in [7, 11) is -3.06. The molecule has 4 nitrogen and oxygen atoms in total. The van der Waals surface area contributed by atoms with E-state index in [0.29, 0.717) is 26.1 Å². The minimum Gasteiger partial charge on any atom is -0.359 e. The summed E-state index contributed by atoms with van der Waals surface area (Å²) in [4.78, 5) is 0. The molecule has 0 N–H and O–H groups in total. The van der Waals surface area contributed by atoms with Crippen LogP contribution < -0.4 is 5.32 Å². The van der Waals surface area contributed by atoms with E-state index in [9.17, 15) is 8.42 Å². The maximum Gasteiger partial charge on any atom is 0.178 e. The highest BCUT2D eigenvalue weighted by molar-refractivity contribution is 7.91. The molecule has 1 fully saturated rings. The zero-order valence-electron chi connectivity index (χ0n) is 7.90. The van der Waals surface area contributed by atoms with Crippen molar-refractivity contribution in [3.8, 4) is 0 Å². The number of morpholine rings is 1. The van der Waals surface area contributed by atoms with E-state index in [2.05, 4.69) is 5.32 Å². The van der Waals surface area contributed by atoms with Crippen molar-refractivity contribution in [2.75, 3.05) is 25.4 Å². The lowest BCUT2D eigenvalue weighted by Crippen LogP contribution is -2.40. The Kier molecular flexibility index (Phi) is 4.15. The van der Waals surface area contributed by atoms with E-state index in [1.807, 2.05) is 6.92 Å². The van der Waals surface area contributed by atoms with Crippen LogP contribution in [0.2, 0.25) is 0 Å². The third-order valence-corrected chi connectivity index (χ3v) is 3.96. The largest absolute Gasteiger partial charge is 0.359 e. The van der Waals surface area contributed by atoms with Crippen molar-refractivity contribution in [2.24, 2.45) is 0 Å². The molecule has 1 atom stereocenters. The molecule has 0 spiro atoms. The molecule has 0 aromatic carbocycles. The van der Waals surface area contributed by atoms with Gasteiger partial charge in [0.25, 0.3) is 0 Å². The molecule has 0 bridgehead atoms. The van der Waals surface area contributed by atoms with Gasteiger partial charge in [-0.05, 0) is 6.42 Å². The molecule has 0 aromatic rings. The van der Waals surface area contributed by atoms with Gasteiger partial charge in [-0.25, -0.2) is 13.7 Å². The van der Waals surface area contributed by atoms with E-state index in [0.717, 1.165) is 6.42 Å². The van der Waals surface area contributed by atoms with E-state index in [-0.39, 0.29) is 5.75 Å². The van der Waals surface area contributed by atoms with Gasteiger partial charge in [0.2, 0.25) is 0 Å². The van der Waals surface area contributed by atoms with Gasteiger partial charge in [-0.2, -0.15) is 0 Å². The first-order chi connectivity index (χ1) is 6.17. The molecule has 1 heterocycles. The second kappa shape index (κ2) is 4.93. The fraction of sp³-hybridized carbons (Fsp3) is 1.00. The number of hydrogen-bond acceptors (Lipinski definition) is 3. The summed E-state index contributed by atoms with van der Waals surface area (Å²) >= 11 is 0. The minimum atomic E-state index is -3.06. The molecular formula is C8H16NO3S. The first kappa shape index (κ1) is 10.9. The fourth-order valence-corrected chi connectivity index (χ4v) is 2.78. The third kappa shape index (κ3) is 3.25. The van der Waals surface area contributed by atoms with Crippen LogP contribution >= 0.6 is 0 Å². The van der Waals surface area contributed by atoms with Gasteiger partial charge in [0.15, 0.2) is 15.3 Å². The molecule has 0 aromatic heterocycles. The van der Waals surface area contributed by atoms with E-state index >= 15 is 0 Å². The summed E-state index contributed by atoms with van der Waals surface area (Å²) < 4.78 is 28.3. The summed E-state index contributed by atoms with van der Waals surface area (Å²) in [5.41, 5.74) is -0.673. The Bertz CT molecular complexity index is 232. The number of unbranched alkanes of at least 4 members (excludes halogenated alkanes) is 1. The topological polar surface area (TPSA) is 57.5 Å². The minimum absolute atomic E-state index is 0.226. The van der Waals surface area contributed by atoms with Crippen LogP contribution in [0.4, 0.5) is 0 Å². The summed E-state index contributed by atoms with van der Waals surface area (Å²) in [6.45, 7) is 3.35. The van der Waals surface area contributed by atoms with E-state index in [1.165, 1.54) is 0 Å². The Morgan fingerprint density at radius 1 is 1.54 bits per heavy atom. The molecule has 5 heteroatoms. The zero-order chi connectivity index (χ0) is 9.73. The van der Waals surface area contributed by atoms with Gasteiger partial charge in [0, 0.05) is 6.54 Å². The van der Waals surface area contributed by atoms with Gasteiger partial charge in [-0.3, -0.25) is 0 Å². The molecular weight excluding hydrogens is 190 g/mol. The fourth-order valence-electron chi connectivity index (χ4n) is 1.19. The number of ether oxygens (including phenoxy) is 1. The first-order valence-electron chi connectivity index (χ1n) is 4.63. The van der Waals surface area contributed by atoms with Crippen molar-refractivity contribution in [3.63, 3.8) is 0 Å². The number of hydrogen-bond donors (Lipinski definition) is 0. The Morgan fingerprint density at radius 2 is 2.31 bits per heavy atom. The van der Waals surface area contributed by atoms with Gasteiger partial charge in [-0.1, -0.05) is 13.3 Å². The second-order valence-electron chi connectivity index (χ2n) is 3.15. The number of nitrogens with zero attached hydrogens (tertiary/aromatic N) is 1. The first-order valence-corrected chi connectivity index (χ1v) is 6.35. The van der Waals surface area contributed by atoms with Gasteiger partial charge in [0.05, 0.1) is 18.9 Å². The van der Waals surface area contributed by atoms with Crippen LogP contribution in [0.1, 0.15) is 19.8 Å². The molecule has 0 saturated carbocycles. The molecule has 0 amide bonds. The van der Waals surface area contributed by atoms with E-state index in [4.69, 9.17) is 4.74 Å². The Morgan fingerprint density at radius 3 is 2.85 bits per heavy atom. The molecule has 1 unspecified atom stereocenters. The van der Waals surface area contributed by atoms with Gasteiger partial charge in [0.1, 0.15) is 0 Å². The van der Waals surface area contributed by atoms with Crippen LogP contribution in [-0.2, 0) is 14.6 Å². The van der Waals surface area contributed by atoms with Crippen LogP contribution in [0.3, 0.4) is 0 Å². The van der Waals surface area contributed by atoms with Crippen LogP contribution in [-0.4, -0.2) is 39.3 Å². The van der Waals surface area contributed by atoms with E-state index in [1.54, 1.807) is 0 Å². The van der Waals surface area contributed by atoms with E-state index < -0.39 is 15.3 Å². The van der Waals surface area contributed by atoms with Gasteiger partial charge < -0.3 is 4.74 Å². The van der Waals surface area contributed by atoms with Gasteiger partial charge >= 0.3 is 0 Å². The normalized spacial score (nSPS) is 24.5. The Balaban J connectivity index is 2.47. The summed E-state index contributed by atoms with van der Waals surface area (Å²) in [6, 6.07) is 0. The molecule has 0 aliphatic carbocycles. The molecule has 1 radical (unpaired) electrons. The monoisotopic (exact) mass is 206 g/mol. The lowest BCUT2D eigenvalue weighted by molar-refractivity contribution is 0.0767. The van der Waals surface area contributed by atoms with Crippen LogP contribution in [0, 0.1) is 0 Å². The smallest absolute Gasteiger partial charge is 0.178 e. The summed E-state index contributed by atoms with van der Waals surface area (Å²) in [6.07, 6.45) is 1.60. The highest BCUT2D eigenvalue weighted by atomic mass is 32.2. The lowest BCUT2D eigenvalue weighted by atomic mass is 10.4. The molecule has 1 aliphatic rings. The molecule has 77 valence electrons. The number of sulfone groups is 1. The second-order valence-corrected chi connectivity index (χ2v) is 5.41. The van der Waals surface area contributed by atoms with Crippen LogP contribution in [0.25, 0.3) is 0 Å². The molecule has 1 aliphatic heterocycles. The highest BCUT2D eigenvalue weighted by Crippen LogP contribution is 2.09. The van der Waals surface area contributed by atoms with Crippen molar-refractivity contribution >= 4 is 9.84 Å². The maximum absolute atomic E-state index is 11.6. The number of rotatable bonds is 4. The Labute approximate surface area is 79.6 Å². The molecule has 1 saturated heterocycles. The predicted molar refractivity (Wildman–Crippen MR) is 50.3 cm³/mol.